The number of ether oxygens (including phenoxy) is 2. The lowest BCUT2D eigenvalue weighted by molar-refractivity contribution is -0.139. The molecule has 0 aliphatic heterocycles. The fourth-order valence-corrected chi connectivity index (χ4v) is 2.82. The van der Waals surface area contributed by atoms with Crippen molar-refractivity contribution in [2.45, 2.75) is 24.5 Å². The second-order valence-electron chi connectivity index (χ2n) is 5.96. The Morgan fingerprint density at radius 2 is 1.67 bits per heavy atom. The Bertz CT molecular complexity index is 761. The van der Waals surface area contributed by atoms with Gasteiger partial charge in [-0.3, -0.25) is 4.79 Å². The summed E-state index contributed by atoms with van der Waals surface area (Å²) in [7, 11) is 1.72. The van der Waals surface area contributed by atoms with Crippen LogP contribution in [0.1, 0.15) is 12.5 Å². The van der Waals surface area contributed by atoms with E-state index in [1.165, 1.54) is 0 Å². The Labute approximate surface area is 163 Å². The topological polar surface area (TPSA) is 76.1 Å². The zero-order valence-electron chi connectivity index (χ0n) is 15.5. The van der Waals surface area contributed by atoms with E-state index < -0.39 is 12.1 Å². The van der Waals surface area contributed by atoms with Crippen LogP contribution in [0.3, 0.4) is 0 Å². The van der Waals surface area contributed by atoms with Gasteiger partial charge in [0.2, 0.25) is 0 Å². The van der Waals surface area contributed by atoms with Gasteiger partial charge in [-0.1, -0.05) is 12.1 Å². The number of nitrogens with zero attached hydrogens (tertiary/aromatic N) is 1. The lowest BCUT2D eigenvalue weighted by Crippen LogP contribution is -2.37. The van der Waals surface area contributed by atoms with E-state index in [9.17, 15) is 9.59 Å². The molecule has 1 unspecified atom stereocenters. The highest BCUT2D eigenvalue weighted by molar-refractivity contribution is 7.98. The van der Waals surface area contributed by atoms with Crippen LogP contribution >= 0.6 is 11.8 Å². The van der Waals surface area contributed by atoms with Crippen molar-refractivity contribution in [3.8, 4) is 11.5 Å². The van der Waals surface area contributed by atoms with Crippen LogP contribution in [0.25, 0.3) is 0 Å². The molecule has 1 N–H and O–H groups in total. The normalized spacial score (nSPS) is 11.5. The smallest absolute Gasteiger partial charge is 0.341 e. The number of hydrogen-bond donors (Lipinski definition) is 1. The summed E-state index contributed by atoms with van der Waals surface area (Å²) >= 11 is 1.65. The molecule has 0 aliphatic rings. The first kappa shape index (κ1) is 20.6. The number of rotatable bonds is 9. The van der Waals surface area contributed by atoms with Crippen molar-refractivity contribution >= 4 is 23.6 Å². The number of amides is 1. The molecule has 7 heteroatoms. The molecule has 0 spiro atoms. The van der Waals surface area contributed by atoms with Crippen LogP contribution in [-0.4, -0.2) is 47.9 Å². The first-order valence-electron chi connectivity index (χ1n) is 8.38. The molecule has 0 aliphatic carbocycles. The van der Waals surface area contributed by atoms with Crippen molar-refractivity contribution in [1.82, 2.24) is 4.90 Å². The number of carboxylic acid groups (broad SMARTS) is 1. The van der Waals surface area contributed by atoms with Crippen LogP contribution in [0.5, 0.6) is 11.5 Å². The minimum absolute atomic E-state index is 0.129. The van der Waals surface area contributed by atoms with E-state index in [0.717, 1.165) is 10.5 Å². The third-order valence-corrected chi connectivity index (χ3v) is 4.55. The van der Waals surface area contributed by atoms with E-state index >= 15 is 0 Å². The van der Waals surface area contributed by atoms with Gasteiger partial charge in [0.25, 0.3) is 5.91 Å². The molecule has 0 saturated heterocycles. The molecule has 2 aromatic carbocycles. The first-order chi connectivity index (χ1) is 12.9. The van der Waals surface area contributed by atoms with Gasteiger partial charge in [0.15, 0.2) is 12.7 Å². The van der Waals surface area contributed by atoms with Gasteiger partial charge in [0.1, 0.15) is 11.5 Å². The first-order valence-corrected chi connectivity index (χ1v) is 9.60. The van der Waals surface area contributed by atoms with Gasteiger partial charge in [0.05, 0.1) is 0 Å². The van der Waals surface area contributed by atoms with Crippen LogP contribution in [0.2, 0.25) is 0 Å². The Hall–Kier alpha value is -2.67. The number of hydrogen-bond acceptors (Lipinski definition) is 5. The van der Waals surface area contributed by atoms with Gasteiger partial charge in [0, 0.05) is 18.5 Å². The quantitative estimate of drug-likeness (QED) is 0.663. The number of benzene rings is 2. The average molecular weight is 389 g/mol. The van der Waals surface area contributed by atoms with E-state index in [-0.39, 0.29) is 12.5 Å². The fraction of sp³-hybridized carbons (Fsp3) is 0.300. The van der Waals surface area contributed by atoms with E-state index in [0.29, 0.717) is 18.0 Å². The van der Waals surface area contributed by atoms with Crippen molar-refractivity contribution in [1.29, 1.82) is 0 Å². The maximum atomic E-state index is 12.5. The van der Waals surface area contributed by atoms with Crippen molar-refractivity contribution in [3.63, 3.8) is 0 Å². The van der Waals surface area contributed by atoms with E-state index in [1.807, 2.05) is 30.5 Å². The average Bonchev–Trinajstić information content (AvgIpc) is 2.67. The van der Waals surface area contributed by atoms with Gasteiger partial charge in [-0.25, -0.2) is 4.79 Å². The molecule has 6 nitrogen and oxygen atoms in total. The van der Waals surface area contributed by atoms with Gasteiger partial charge in [-0.05, 0) is 55.1 Å². The minimum Gasteiger partial charge on any atom is -0.482 e. The Morgan fingerprint density at radius 1 is 1.07 bits per heavy atom. The Morgan fingerprint density at radius 3 is 2.22 bits per heavy atom. The van der Waals surface area contributed by atoms with E-state index in [1.54, 1.807) is 54.9 Å². The molecule has 0 radical (unpaired) electrons. The lowest BCUT2D eigenvalue weighted by atomic mass is 10.2. The molecule has 27 heavy (non-hydrogen) atoms. The van der Waals surface area contributed by atoms with Gasteiger partial charge in [-0.15, -0.1) is 11.8 Å². The van der Waals surface area contributed by atoms with E-state index in [2.05, 4.69) is 0 Å². The SMILES string of the molecule is CSc1ccc(OC(C)C(=O)N(C)Cc2ccc(OCC(=O)O)cc2)cc1. The maximum absolute atomic E-state index is 12.5. The number of carboxylic acids is 1. The number of likely N-dealkylation sites (N-methyl/N-ethyl adjacent to an activating group) is 1. The third-order valence-electron chi connectivity index (χ3n) is 3.80. The molecule has 0 fully saturated rings. The van der Waals surface area contributed by atoms with Gasteiger partial charge >= 0.3 is 5.97 Å². The van der Waals surface area contributed by atoms with Crippen LogP contribution < -0.4 is 9.47 Å². The monoisotopic (exact) mass is 389 g/mol. The largest absolute Gasteiger partial charge is 0.482 e. The molecule has 0 bridgehead atoms. The summed E-state index contributed by atoms with van der Waals surface area (Å²) in [6.45, 7) is 1.76. The summed E-state index contributed by atoms with van der Waals surface area (Å²) in [6, 6.07) is 14.6. The number of aliphatic carboxylic acids is 1. The molecular formula is C20H23NO5S. The molecule has 0 saturated carbocycles. The maximum Gasteiger partial charge on any atom is 0.341 e. The molecular weight excluding hydrogens is 366 g/mol. The van der Waals surface area contributed by atoms with Crippen molar-refractivity contribution < 1.29 is 24.2 Å². The Kier molecular flexibility index (Phi) is 7.55. The Balaban J connectivity index is 1.88. The zero-order chi connectivity index (χ0) is 19.8. The predicted molar refractivity (Wildman–Crippen MR) is 104 cm³/mol. The third kappa shape index (κ3) is 6.53. The van der Waals surface area contributed by atoms with Gasteiger partial charge in [-0.2, -0.15) is 0 Å². The van der Waals surface area contributed by atoms with Crippen molar-refractivity contribution in [2.24, 2.45) is 0 Å². The van der Waals surface area contributed by atoms with Crippen LogP contribution in [-0.2, 0) is 16.1 Å². The van der Waals surface area contributed by atoms with E-state index in [4.69, 9.17) is 14.6 Å². The summed E-state index contributed by atoms with van der Waals surface area (Å²) < 4.78 is 10.8. The zero-order valence-corrected chi connectivity index (χ0v) is 16.4. The summed E-state index contributed by atoms with van der Waals surface area (Å²) in [5.74, 6) is -0.0286. The van der Waals surface area contributed by atoms with Crippen LogP contribution in [0.4, 0.5) is 0 Å². The number of carbonyl (C=O) groups is 2. The van der Waals surface area contributed by atoms with Crippen molar-refractivity contribution in [2.75, 3.05) is 19.9 Å². The predicted octanol–water partition coefficient (Wildman–Crippen LogP) is 3.30. The molecule has 1 atom stereocenters. The number of carbonyl (C=O) groups excluding carboxylic acids is 1. The standard InChI is InChI=1S/C20H23NO5S/c1-14(26-17-8-10-18(27-3)11-9-17)20(24)21(2)12-15-4-6-16(7-5-15)25-13-19(22)23/h4-11,14H,12-13H2,1-3H3,(H,22,23). The second kappa shape index (κ2) is 9.87. The lowest BCUT2D eigenvalue weighted by Gasteiger charge is -2.22. The fourth-order valence-electron chi connectivity index (χ4n) is 2.41. The molecule has 1 amide bonds. The highest BCUT2D eigenvalue weighted by atomic mass is 32.2. The van der Waals surface area contributed by atoms with Crippen LogP contribution in [0.15, 0.2) is 53.4 Å². The minimum atomic E-state index is -1.03. The van der Waals surface area contributed by atoms with Gasteiger partial charge < -0.3 is 19.5 Å². The second-order valence-corrected chi connectivity index (χ2v) is 6.84. The molecule has 0 aromatic heterocycles. The molecule has 2 aromatic rings. The number of thioether (sulfide) groups is 1. The summed E-state index contributed by atoms with van der Waals surface area (Å²) in [5.41, 5.74) is 0.907. The highest BCUT2D eigenvalue weighted by Gasteiger charge is 2.19. The molecule has 2 rings (SSSR count). The molecule has 0 heterocycles. The van der Waals surface area contributed by atoms with Crippen molar-refractivity contribution in [3.05, 3.63) is 54.1 Å². The summed E-state index contributed by atoms with van der Waals surface area (Å²) in [6.07, 6.45) is 1.40. The summed E-state index contributed by atoms with van der Waals surface area (Å²) in [4.78, 5) is 25.8. The van der Waals surface area contributed by atoms with Crippen LogP contribution in [0, 0.1) is 0 Å². The highest BCUT2D eigenvalue weighted by Crippen LogP contribution is 2.20. The molecule has 144 valence electrons. The summed E-state index contributed by atoms with van der Waals surface area (Å²) in [5, 5.41) is 8.61.